The lowest BCUT2D eigenvalue weighted by atomic mass is 10.0. The number of nitrogens with one attached hydrogen (secondary N) is 1. The quantitative estimate of drug-likeness (QED) is 0.772. The van der Waals surface area contributed by atoms with Gasteiger partial charge in [-0.05, 0) is 38.5 Å². The van der Waals surface area contributed by atoms with Crippen LogP contribution in [0.5, 0.6) is 0 Å². The molecule has 2 aliphatic heterocycles. The predicted molar refractivity (Wildman–Crippen MR) is 60.0 cm³/mol. The topological polar surface area (TPSA) is 30.5 Å². The molecule has 3 atom stereocenters. The zero-order valence-electron chi connectivity index (χ0n) is 9.71. The van der Waals surface area contributed by atoms with Crippen LogP contribution in [0.15, 0.2) is 0 Å². The van der Waals surface area contributed by atoms with Gasteiger partial charge in [-0.15, -0.1) is 0 Å². The molecule has 2 fully saturated rings. The van der Waals surface area contributed by atoms with Crippen LogP contribution < -0.4 is 5.32 Å². The minimum Gasteiger partial charge on any atom is -0.381 e. The zero-order chi connectivity index (χ0) is 10.5. The van der Waals surface area contributed by atoms with Crippen LogP contribution in [0.2, 0.25) is 0 Å². The minimum absolute atomic E-state index is 0.444. The third-order valence-electron chi connectivity index (χ3n) is 3.65. The van der Waals surface area contributed by atoms with E-state index in [0.29, 0.717) is 18.1 Å². The summed E-state index contributed by atoms with van der Waals surface area (Å²) in [7, 11) is 0. The summed E-state index contributed by atoms with van der Waals surface area (Å²) in [6.07, 6.45) is 5.30. The highest BCUT2D eigenvalue weighted by Crippen LogP contribution is 2.20. The number of hydrogen-bond acceptors (Lipinski definition) is 3. The summed E-state index contributed by atoms with van der Waals surface area (Å²) >= 11 is 0. The van der Waals surface area contributed by atoms with E-state index in [4.69, 9.17) is 9.47 Å². The van der Waals surface area contributed by atoms with Crippen molar-refractivity contribution in [1.82, 2.24) is 5.32 Å². The van der Waals surface area contributed by atoms with E-state index in [1.807, 2.05) is 0 Å². The minimum atomic E-state index is 0.444. The van der Waals surface area contributed by atoms with Gasteiger partial charge in [0.05, 0.1) is 6.10 Å². The molecule has 0 aromatic carbocycles. The van der Waals surface area contributed by atoms with E-state index in [0.717, 1.165) is 26.4 Å². The van der Waals surface area contributed by atoms with Crippen LogP contribution >= 0.6 is 0 Å². The predicted octanol–water partition coefficient (Wildman–Crippen LogP) is 1.57. The van der Waals surface area contributed by atoms with E-state index in [-0.39, 0.29) is 0 Å². The molecule has 0 saturated carbocycles. The van der Waals surface area contributed by atoms with Crippen LogP contribution in [0.3, 0.4) is 0 Å². The van der Waals surface area contributed by atoms with Crippen molar-refractivity contribution in [1.29, 1.82) is 0 Å². The highest BCUT2D eigenvalue weighted by atomic mass is 16.5. The molecule has 0 aromatic rings. The first-order valence-electron chi connectivity index (χ1n) is 6.29. The second kappa shape index (κ2) is 5.83. The summed E-state index contributed by atoms with van der Waals surface area (Å²) < 4.78 is 11.0. The Balaban J connectivity index is 1.67. The number of hydrogen-bond donors (Lipinski definition) is 1. The summed E-state index contributed by atoms with van der Waals surface area (Å²) in [5.74, 6) is 0.717. The van der Waals surface area contributed by atoms with Crippen molar-refractivity contribution in [3.05, 3.63) is 0 Å². The highest BCUT2D eigenvalue weighted by Gasteiger charge is 2.24. The Morgan fingerprint density at radius 3 is 2.87 bits per heavy atom. The summed E-state index contributed by atoms with van der Waals surface area (Å²) in [6.45, 7) is 6.12. The molecule has 1 N–H and O–H groups in total. The van der Waals surface area contributed by atoms with Crippen molar-refractivity contribution in [3.8, 4) is 0 Å². The fourth-order valence-corrected chi connectivity index (χ4v) is 2.47. The van der Waals surface area contributed by atoms with Crippen molar-refractivity contribution in [2.75, 3.05) is 26.4 Å². The molecule has 2 saturated heterocycles. The Morgan fingerprint density at radius 1 is 1.13 bits per heavy atom. The number of ether oxygens (including phenoxy) is 2. The third-order valence-corrected chi connectivity index (χ3v) is 3.65. The Labute approximate surface area is 92.5 Å². The molecule has 0 bridgehead atoms. The average Bonchev–Trinajstić information content (AvgIpc) is 2.53. The Morgan fingerprint density at radius 2 is 2.07 bits per heavy atom. The van der Waals surface area contributed by atoms with E-state index in [1.165, 1.54) is 25.7 Å². The molecule has 2 rings (SSSR count). The molecule has 0 aliphatic carbocycles. The molecule has 0 amide bonds. The lowest BCUT2D eigenvalue weighted by molar-refractivity contribution is 0.104. The molecule has 3 unspecified atom stereocenters. The van der Waals surface area contributed by atoms with E-state index in [9.17, 15) is 0 Å². The van der Waals surface area contributed by atoms with Gasteiger partial charge < -0.3 is 14.8 Å². The van der Waals surface area contributed by atoms with Crippen LogP contribution in [-0.4, -0.2) is 38.5 Å². The molecule has 15 heavy (non-hydrogen) atoms. The molecule has 88 valence electrons. The molecule has 3 heteroatoms. The fraction of sp³-hybridized carbons (Fsp3) is 1.00. The van der Waals surface area contributed by atoms with Crippen molar-refractivity contribution in [3.63, 3.8) is 0 Å². The van der Waals surface area contributed by atoms with Gasteiger partial charge in [-0.3, -0.25) is 0 Å². The van der Waals surface area contributed by atoms with Gasteiger partial charge in [0.2, 0.25) is 0 Å². The van der Waals surface area contributed by atoms with Crippen molar-refractivity contribution in [2.24, 2.45) is 5.92 Å². The molecular formula is C12H23NO2. The SMILES string of the molecule is CC1OCCC1CNC1CCCOCC1. The first kappa shape index (κ1) is 11.4. The van der Waals surface area contributed by atoms with Crippen molar-refractivity contribution < 1.29 is 9.47 Å². The van der Waals surface area contributed by atoms with E-state index >= 15 is 0 Å². The van der Waals surface area contributed by atoms with Crippen LogP contribution in [0, 0.1) is 5.92 Å². The number of rotatable bonds is 3. The molecule has 0 aromatic heterocycles. The first-order chi connectivity index (χ1) is 7.36. The largest absolute Gasteiger partial charge is 0.381 e. The van der Waals surface area contributed by atoms with Crippen LogP contribution in [0.4, 0.5) is 0 Å². The normalized spacial score (nSPS) is 37.8. The second-order valence-corrected chi connectivity index (χ2v) is 4.77. The molecule has 2 heterocycles. The summed E-state index contributed by atoms with van der Waals surface area (Å²) in [5, 5.41) is 3.67. The van der Waals surface area contributed by atoms with Gasteiger partial charge in [0, 0.05) is 32.4 Å². The molecule has 2 aliphatic rings. The van der Waals surface area contributed by atoms with E-state index < -0.39 is 0 Å². The Kier molecular flexibility index (Phi) is 4.42. The highest BCUT2D eigenvalue weighted by molar-refractivity contribution is 4.77. The van der Waals surface area contributed by atoms with Crippen LogP contribution in [-0.2, 0) is 9.47 Å². The van der Waals surface area contributed by atoms with Gasteiger partial charge in [-0.25, -0.2) is 0 Å². The molecule has 0 radical (unpaired) electrons. The maximum absolute atomic E-state index is 5.57. The zero-order valence-corrected chi connectivity index (χ0v) is 9.71. The van der Waals surface area contributed by atoms with E-state index in [2.05, 4.69) is 12.2 Å². The molecular weight excluding hydrogens is 190 g/mol. The van der Waals surface area contributed by atoms with Gasteiger partial charge in [0.25, 0.3) is 0 Å². The molecule has 0 spiro atoms. The lowest BCUT2D eigenvalue weighted by Crippen LogP contribution is -2.35. The average molecular weight is 213 g/mol. The van der Waals surface area contributed by atoms with Gasteiger partial charge in [0.1, 0.15) is 0 Å². The fourth-order valence-electron chi connectivity index (χ4n) is 2.47. The Hall–Kier alpha value is -0.120. The van der Waals surface area contributed by atoms with Crippen molar-refractivity contribution >= 4 is 0 Å². The van der Waals surface area contributed by atoms with Crippen LogP contribution in [0.25, 0.3) is 0 Å². The van der Waals surface area contributed by atoms with Gasteiger partial charge in [-0.2, -0.15) is 0 Å². The summed E-state index contributed by atoms with van der Waals surface area (Å²) in [4.78, 5) is 0. The van der Waals surface area contributed by atoms with Gasteiger partial charge >= 0.3 is 0 Å². The maximum Gasteiger partial charge on any atom is 0.0588 e. The summed E-state index contributed by atoms with van der Waals surface area (Å²) in [6, 6.07) is 0.667. The Bertz CT molecular complexity index is 178. The molecule has 3 nitrogen and oxygen atoms in total. The van der Waals surface area contributed by atoms with Crippen molar-refractivity contribution in [2.45, 2.75) is 44.8 Å². The summed E-state index contributed by atoms with van der Waals surface area (Å²) in [5.41, 5.74) is 0. The van der Waals surface area contributed by atoms with Crippen LogP contribution in [0.1, 0.15) is 32.6 Å². The first-order valence-corrected chi connectivity index (χ1v) is 6.29. The maximum atomic E-state index is 5.57. The van der Waals surface area contributed by atoms with Gasteiger partial charge in [0.15, 0.2) is 0 Å². The van der Waals surface area contributed by atoms with Gasteiger partial charge in [-0.1, -0.05) is 0 Å². The lowest BCUT2D eigenvalue weighted by Gasteiger charge is -2.20. The smallest absolute Gasteiger partial charge is 0.0588 e. The standard InChI is InChI=1S/C12H23NO2/c1-10-11(4-8-15-10)9-13-12-3-2-6-14-7-5-12/h10-13H,2-9H2,1H3. The second-order valence-electron chi connectivity index (χ2n) is 4.77. The monoisotopic (exact) mass is 213 g/mol. The third kappa shape index (κ3) is 3.44. The van der Waals surface area contributed by atoms with E-state index in [1.54, 1.807) is 0 Å².